The summed E-state index contributed by atoms with van der Waals surface area (Å²) in [5, 5.41) is 19.7. The minimum atomic E-state index is -1.11. The Balaban J connectivity index is 2.12. The van der Waals surface area contributed by atoms with Gasteiger partial charge in [-0.05, 0) is 0 Å². The van der Waals surface area contributed by atoms with Gasteiger partial charge in [0.15, 0.2) is 23.1 Å². The zero-order valence-electron chi connectivity index (χ0n) is 12.6. The number of rotatable bonds is 6. The molecule has 1 aromatic heterocycles. The first-order chi connectivity index (χ1) is 11.4. The Bertz CT molecular complexity index is 693. The van der Waals surface area contributed by atoms with Crippen LogP contribution in [0.4, 0.5) is 5.13 Å². The van der Waals surface area contributed by atoms with Gasteiger partial charge >= 0.3 is 0 Å². The fourth-order valence-corrected chi connectivity index (χ4v) is 2.63. The van der Waals surface area contributed by atoms with E-state index < -0.39 is 30.0 Å². The van der Waals surface area contributed by atoms with Gasteiger partial charge in [-0.25, -0.2) is 4.98 Å². The lowest BCUT2D eigenvalue weighted by Crippen LogP contribution is -2.69. The van der Waals surface area contributed by atoms with E-state index in [0.29, 0.717) is 0 Å². The number of carbonyl (C=O) groups excluding carboxylic acids is 3. The van der Waals surface area contributed by atoms with E-state index in [1.807, 2.05) is 0 Å². The molecule has 2 atom stereocenters. The van der Waals surface area contributed by atoms with Crippen LogP contribution in [0.25, 0.3) is 0 Å². The van der Waals surface area contributed by atoms with Crippen LogP contribution in [0.15, 0.2) is 10.5 Å². The largest absolute Gasteiger partial charge is 0.398 e. The number of likely N-dealkylation sites (N-methyl/N-ethyl adjacent to an activating group) is 1. The third kappa shape index (κ3) is 3.63. The van der Waals surface area contributed by atoms with Crippen molar-refractivity contribution in [1.82, 2.24) is 15.2 Å². The van der Waals surface area contributed by atoms with Gasteiger partial charge in [0.25, 0.3) is 11.8 Å². The molecule has 1 saturated heterocycles. The summed E-state index contributed by atoms with van der Waals surface area (Å²) in [5.74, 6) is -1.86. The number of oxime groups is 1. The second-order valence-corrected chi connectivity index (χ2v) is 5.78. The first kappa shape index (κ1) is 18.1. The van der Waals surface area contributed by atoms with Crippen LogP contribution in [0.2, 0.25) is 0 Å². The number of alkyl halides is 1. The number of aromatic nitrogens is 1. The predicted molar refractivity (Wildman–Crippen MR) is 85.7 cm³/mol. The van der Waals surface area contributed by atoms with Crippen molar-refractivity contribution in [3.8, 4) is 0 Å². The maximum Gasteiger partial charge on any atom is 0.276 e. The number of aliphatic hydroxyl groups is 1. The molecule has 0 aromatic carbocycles. The number of halogens is 1. The molecule has 2 heterocycles. The molecule has 1 aromatic rings. The number of thiazole rings is 1. The number of aliphatic hydroxyl groups excluding tert-OH is 1. The monoisotopic (exact) mass is 375 g/mol. The van der Waals surface area contributed by atoms with E-state index >= 15 is 0 Å². The molecule has 24 heavy (non-hydrogen) atoms. The molecule has 12 heteroatoms. The molecule has 3 N–H and O–H groups in total. The van der Waals surface area contributed by atoms with E-state index in [1.165, 1.54) is 19.5 Å². The lowest BCUT2D eigenvalue weighted by molar-refractivity contribution is -0.169. The normalized spacial score (nSPS) is 20.4. The lowest BCUT2D eigenvalue weighted by atomic mass is 10.1. The zero-order chi connectivity index (χ0) is 17.9. The van der Waals surface area contributed by atoms with Crippen LogP contribution in [-0.2, 0) is 19.2 Å². The smallest absolute Gasteiger partial charge is 0.276 e. The molecule has 0 unspecified atom stereocenters. The van der Waals surface area contributed by atoms with Crippen LogP contribution < -0.4 is 10.6 Å². The average molecular weight is 376 g/mol. The van der Waals surface area contributed by atoms with E-state index in [-0.39, 0.29) is 22.4 Å². The topological polar surface area (TPSA) is 133 Å². The van der Waals surface area contributed by atoms with Crippen LogP contribution >= 0.6 is 22.9 Å². The van der Waals surface area contributed by atoms with E-state index in [0.717, 1.165) is 16.2 Å². The highest BCUT2D eigenvalue weighted by Gasteiger charge is 2.45. The molecule has 3 amide bonds. The van der Waals surface area contributed by atoms with Gasteiger partial charge < -0.3 is 25.5 Å². The quantitative estimate of drug-likeness (QED) is 0.251. The van der Waals surface area contributed by atoms with E-state index in [1.54, 1.807) is 0 Å². The second-order valence-electron chi connectivity index (χ2n) is 4.66. The number of nitrogens with one attached hydrogen (secondary N) is 2. The molecule has 1 fully saturated rings. The molecule has 130 valence electrons. The van der Waals surface area contributed by atoms with Crippen molar-refractivity contribution in [3.05, 3.63) is 11.1 Å². The standard InChI is InChI=1S/C12H14ClN5O5S/c1-18-10(21)8(11(18)22)16-9(20)7(17-23-2)5-4-24-12(14-5)15-6(19)3-13/h4,8,10,21H,3H2,1-2H3,(H,16,20)(H,14,15,19)/t8-,10+/m0/s1. The summed E-state index contributed by atoms with van der Waals surface area (Å²) in [4.78, 5) is 44.8. The number of carbonyl (C=O) groups is 3. The summed E-state index contributed by atoms with van der Waals surface area (Å²) in [5.41, 5.74) is -0.0616. The Morgan fingerprint density at radius 2 is 2.29 bits per heavy atom. The van der Waals surface area contributed by atoms with Crippen LogP contribution in [0, 0.1) is 0 Å². The predicted octanol–water partition coefficient (Wildman–Crippen LogP) is -1.05. The SMILES string of the molecule is CON=C(C(=O)N[C@@H]1C(=O)N(C)[C@@H]1O)c1csc(NC(=O)CCl)n1. The first-order valence-corrected chi connectivity index (χ1v) is 7.99. The van der Waals surface area contributed by atoms with E-state index in [9.17, 15) is 19.5 Å². The van der Waals surface area contributed by atoms with E-state index in [2.05, 4.69) is 25.6 Å². The molecule has 1 aliphatic rings. The summed E-state index contributed by atoms with van der Waals surface area (Å²) < 4.78 is 0. The van der Waals surface area contributed by atoms with Gasteiger partial charge in [0, 0.05) is 12.4 Å². The van der Waals surface area contributed by atoms with Gasteiger partial charge in [0.05, 0.1) is 0 Å². The van der Waals surface area contributed by atoms with Gasteiger partial charge in [-0.2, -0.15) is 0 Å². The third-order valence-corrected chi connectivity index (χ3v) is 4.11. The summed E-state index contributed by atoms with van der Waals surface area (Å²) >= 11 is 6.45. The Morgan fingerprint density at radius 1 is 1.58 bits per heavy atom. The maximum absolute atomic E-state index is 12.3. The van der Waals surface area contributed by atoms with Gasteiger partial charge in [0.2, 0.25) is 5.91 Å². The molecule has 0 saturated carbocycles. The number of amides is 3. The Labute approximate surface area is 145 Å². The summed E-state index contributed by atoms with van der Waals surface area (Å²) in [7, 11) is 2.65. The number of β-lactam (4-membered cyclic amide) rings is 1. The van der Waals surface area contributed by atoms with Gasteiger partial charge in [-0.3, -0.25) is 14.4 Å². The third-order valence-electron chi connectivity index (χ3n) is 3.11. The number of anilines is 1. The Hall–Kier alpha value is -2.24. The minimum Gasteiger partial charge on any atom is -0.398 e. The van der Waals surface area contributed by atoms with Crippen molar-refractivity contribution in [1.29, 1.82) is 0 Å². The molecule has 10 nitrogen and oxygen atoms in total. The zero-order valence-corrected chi connectivity index (χ0v) is 14.2. The molecule has 0 bridgehead atoms. The highest BCUT2D eigenvalue weighted by atomic mass is 35.5. The fraction of sp³-hybridized carbons (Fsp3) is 0.417. The van der Waals surface area contributed by atoms with Crippen molar-refractivity contribution in [2.75, 3.05) is 25.4 Å². The number of hydrogen-bond acceptors (Lipinski definition) is 8. The highest BCUT2D eigenvalue weighted by molar-refractivity contribution is 7.14. The number of likely N-dealkylation sites (tertiary alicyclic amines) is 1. The minimum absolute atomic E-state index is 0.138. The average Bonchev–Trinajstić information content (AvgIpc) is 3.03. The van der Waals surface area contributed by atoms with E-state index in [4.69, 9.17) is 11.6 Å². The van der Waals surface area contributed by atoms with Crippen LogP contribution in [0.1, 0.15) is 5.69 Å². The molecule has 2 rings (SSSR count). The highest BCUT2D eigenvalue weighted by Crippen LogP contribution is 2.18. The lowest BCUT2D eigenvalue weighted by Gasteiger charge is -2.41. The number of nitrogens with zero attached hydrogens (tertiary/aromatic N) is 3. The molecule has 0 radical (unpaired) electrons. The van der Waals surface area contributed by atoms with Crippen molar-refractivity contribution < 1.29 is 24.3 Å². The van der Waals surface area contributed by atoms with Gasteiger partial charge in [-0.1, -0.05) is 5.16 Å². The van der Waals surface area contributed by atoms with Crippen LogP contribution in [0.5, 0.6) is 0 Å². The van der Waals surface area contributed by atoms with Crippen molar-refractivity contribution >= 4 is 51.5 Å². The molecular formula is C12H14ClN5O5S. The second kappa shape index (κ2) is 7.55. The van der Waals surface area contributed by atoms with Gasteiger partial charge in [0.1, 0.15) is 18.7 Å². The van der Waals surface area contributed by atoms with Crippen LogP contribution in [-0.4, -0.2) is 70.7 Å². The van der Waals surface area contributed by atoms with Crippen molar-refractivity contribution in [2.24, 2.45) is 5.16 Å². The molecule has 0 spiro atoms. The Morgan fingerprint density at radius 3 is 2.88 bits per heavy atom. The summed E-state index contributed by atoms with van der Waals surface area (Å²) in [6, 6.07) is -1.06. The molecular weight excluding hydrogens is 362 g/mol. The van der Waals surface area contributed by atoms with Crippen molar-refractivity contribution in [3.63, 3.8) is 0 Å². The Kier molecular flexibility index (Phi) is 5.70. The maximum atomic E-state index is 12.3. The molecule has 0 aliphatic carbocycles. The van der Waals surface area contributed by atoms with Crippen LogP contribution in [0.3, 0.4) is 0 Å². The summed E-state index contributed by atoms with van der Waals surface area (Å²) in [6.45, 7) is 0. The number of hydrogen-bond donors (Lipinski definition) is 3. The van der Waals surface area contributed by atoms with Crippen molar-refractivity contribution in [2.45, 2.75) is 12.3 Å². The fourth-order valence-electron chi connectivity index (χ4n) is 1.85. The first-order valence-electron chi connectivity index (χ1n) is 6.57. The summed E-state index contributed by atoms with van der Waals surface area (Å²) in [6.07, 6.45) is -1.11. The molecule has 1 aliphatic heterocycles. The van der Waals surface area contributed by atoms with Gasteiger partial charge in [-0.15, -0.1) is 22.9 Å².